The number of ether oxygens (including phenoxy) is 1. The molecule has 1 atom stereocenters. The fourth-order valence-corrected chi connectivity index (χ4v) is 5.16. The van der Waals surface area contributed by atoms with Gasteiger partial charge in [0.15, 0.2) is 0 Å². The Hall–Kier alpha value is -2.49. The van der Waals surface area contributed by atoms with Gasteiger partial charge >= 0.3 is 0 Å². The summed E-state index contributed by atoms with van der Waals surface area (Å²) in [6, 6.07) is 12.2. The molecule has 1 unspecified atom stereocenters. The summed E-state index contributed by atoms with van der Waals surface area (Å²) in [5.41, 5.74) is 0.894. The van der Waals surface area contributed by atoms with Gasteiger partial charge in [-0.25, -0.2) is 12.8 Å². The molecule has 1 aliphatic rings. The average molecular weight is 450 g/mol. The third-order valence-corrected chi connectivity index (χ3v) is 7.26. The molecule has 2 aromatic rings. The minimum absolute atomic E-state index is 0.0747. The number of nitrogens with zero attached hydrogens (tertiary/aromatic N) is 2. The van der Waals surface area contributed by atoms with Crippen molar-refractivity contribution in [2.45, 2.75) is 24.3 Å². The van der Waals surface area contributed by atoms with Crippen LogP contribution in [0.3, 0.4) is 0 Å². The minimum atomic E-state index is -3.69. The van der Waals surface area contributed by atoms with Crippen LogP contribution in [0.1, 0.15) is 24.9 Å². The van der Waals surface area contributed by atoms with Gasteiger partial charge in [0.2, 0.25) is 15.9 Å². The van der Waals surface area contributed by atoms with Gasteiger partial charge in [-0.15, -0.1) is 0 Å². The van der Waals surface area contributed by atoms with Gasteiger partial charge in [0.05, 0.1) is 24.6 Å². The Kier molecular flexibility index (Phi) is 7.64. The number of halogens is 1. The number of methoxy groups -OCH3 is 1. The van der Waals surface area contributed by atoms with Crippen molar-refractivity contribution in [3.63, 3.8) is 0 Å². The Morgan fingerprint density at radius 2 is 1.81 bits per heavy atom. The molecule has 0 bridgehead atoms. The molecule has 1 N–H and O–H groups in total. The second kappa shape index (κ2) is 10.2. The summed E-state index contributed by atoms with van der Waals surface area (Å²) in [4.78, 5) is 14.6. The van der Waals surface area contributed by atoms with E-state index in [-0.39, 0.29) is 29.9 Å². The molecule has 1 amide bonds. The van der Waals surface area contributed by atoms with Crippen molar-refractivity contribution >= 4 is 15.9 Å². The van der Waals surface area contributed by atoms with Crippen LogP contribution in [-0.2, 0) is 14.8 Å². The molecule has 0 aromatic heterocycles. The molecule has 2 aromatic carbocycles. The van der Waals surface area contributed by atoms with Gasteiger partial charge in [-0.1, -0.05) is 18.2 Å². The van der Waals surface area contributed by atoms with Crippen LogP contribution in [-0.4, -0.2) is 63.4 Å². The van der Waals surface area contributed by atoms with Crippen LogP contribution in [0, 0.1) is 5.82 Å². The van der Waals surface area contributed by atoms with Gasteiger partial charge in [-0.2, -0.15) is 4.31 Å². The highest BCUT2D eigenvalue weighted by Crippen LogP contribution is 2.24. The van der Waals surface area contributed by atoms with Gasteiger partial charge in [0, 0.05) is 25.2 Å². The van der Waals surface area contributed by atoms with Crippen LogP contribution in [0.4, 0.5) is 4.39 Å². The van der Waals surface area contributed by atoms with Crippen molar-refractivity contribution in [2.24, 2.45) is 0 Å². The highest BCUT2D eigenvalue weighted by atomic mass is 32.2. The first-order valence-electron chi connectivity index (χ1n) is 10.2. The summed E-state index contributed by atoms with van der Waals surface area (Å²) >= 11 is 0. The maximum Gasteiger partial charge on any atom is 0.243 e. The van der Waals surface area contributed by atoms with Crippen molar-refractivity contribution in [3.05, 3.63) is 59.9 Å². The Morgan fingerprint density at radius 3 is 2.52 bits per heavy atom. The first kappa shape index (κ1) is 23.2. The lowest BCUT2D eigenvalue weighted by atomic mass is 10.1. The topological polar surface area (TPSA) is 79.0 Å². The standard InChI is InChI=1S/C22H28FN3O4S/c1-17(20-6-3-4-7-21(20)30-2)24-22(27)16-25-12-5-13-26(15-14-25)31(28,29)19-10-8-18(23)9-11-19/h3-4,6-11,17H,5,12-16H2,1-2H3,(H,24,27). The van der Waals surface area contributed by atoms with Gasteiger partial charge in [-0.3, -0.25) is 9.69 Å². The zero-order valence-electron chi connectivity index (χ0n) is 17.8. The number of rotatable bonds is 7. The number of amides is 1. The van der Waals surface area contributed by atoms with E-state index in [1.165, 1.54) is 16.4 Å². The van der Waals surface area contributed by atoms with Gasteiger partial charge in [0.25, 0.3) is 0 Å². The van der Waals surface area contributed by atoms with Gasteiger partial charge in [-0.05, 0) is 50.2 Å². The normalized spacial score (nSPS) is 17.0. The molecule has 0 spiro atoms. The van der Waals surface area contributed by atoms with Crippen molar-refractivity contribution in [1.29, 1.82) is 0 Å². The lowest BCUT2D eigenvalue weighted by molar-refractivity contribution is -0.122. The van der Waals surface area contributed by atoms with E-state index in [4.69, 9.17) is 4.74 Å². The quantitative estimate of drug-likeness (QED) is 0.702. The summed E-state index contributed by atoms with van der Waals surface area (Å²) < 4.78 is 45.6. The number of carbonyl (C=O) groups is 1. The summed E-state index contributed by atoms with van der Waals surface area (Å²) in [7, 11) is -2.10. The first-order valence-corrected chi connectivity index (χ1v) is 11.7. The Labute approximate surface area is 182 Å². The number of sulfonamides is 1. The van der Waals surface area contributed by atoms with Crippen LogP contribution in [0.5, 0.6) is 5.75 Å². The van der Waals surface area contributed by atoms with E-state index < -0.39 is 15.8 Å². The number of para-hydroxylation sites is 1. The molecule has 0 aliphatic carbocycles. The van der Waals surface area contributed by atoms with Crippen LogP contribution < -0.4 is 10.1 Å². The second-order valence-electron chi connectivity index (χ2n) is 7.52. The number of nitrogens with one attached hydrogen (secondary N) is 1. The molecular weight excluding hydrogens is 421 g/mol. The van der Waals surface area contributed by atoms with E-state index in [0.29, 0.717) is 31.8 Å². The van der Waals surface area contributed by atoms with Gasteiger partial charge < -0.3 is 10.1 Å². The second-order valence-corrected chi connectivity index (χ2v) is 9.46. The minimum Gasteiger partial charge on any atom is -0.496 e. The summed E-state index contributed by atoms with van der Waals surface area (Å²) in [6.45, 7) is 3.77. The molecule has 1 fully saturated rings. The SMILES string of the molecule is COc1ccccc1C(C)NC(=O)CN1CCCN(S(=O)(=O)c2ccc(F)cc2)CC1. The smallest absolute Gasteiger partial charge is 0.243 e. The zero-order chi connectivity index (χ0) is 22.4. The van der Waals surface area contributed by atoms with Crippen molar-refractivity contribution in [3.8, 4) is 5.75 Å². The van der Waals surface area contributed by atoms with Crippen LogP contribution in [0.15, 0.2) is 53.4 Å². The van der Waals surface area contributed by atoms with Crippen LogP contribution >= 0.6 is 0 Å². The van der Waals surface area contributed by atoms with Crippen molar-refractivity contribution in [1.82, 2.24) is 14.5 Å². The maximum atomic E-state index is 13.1. The van der Waals surface area contributed by atoms with E-state index >= 15 is 0 Å². The van der Waals surface area contributed by atoms with Crippen LogP contribution in [0.2, 0.25) is 0 Å². The number of benzene rings is 2. The number of hydrogen-bond donors (Lipinski definition) is 1. The fourth-order valence-electron chi connectivity index (χ4n) is 3.69. The molecule has 3 rings (SSSR count). The largest absolute Gasteiger partial charge is 0.496 e. The van der Waals surface area contributed by atoms with Gasteiger partial charge in [0.1, 0.15) is 11.6 Å². The van der Waals surface area contributed by atoms with Crippen molar-refractivity contribution < 1.29 is 22.3 Å². The summed E-state index contributed by atoms with van der Waals surface area (Å²) in [5, 5.41) is 2.98. The van der Waals surface area contributed by atoms with Crippen molar-refractivity contribution in [2.75, 3.05) is 39.8 Å². The van der Waals surface area contributed by atoms with E-state index in [0.717, 1.165) is 17.7 Å². The van der Waals surface area contributed by atoms with Crippen LogP contribution in [0.25, 0.3) is 0 Å². The predicted octanol–water partition coefficient (Wildman–Crippen LogP) is 2.41. The molecule has 1 heterocycles. The molecule has 1 aliphatic heterocycles. The maximum absolute atomic E-state index is 13.1. The molecule has 9 heteroatoms. The summed E-state index contributed by atoms with van der Waals surface area (Å²) in [5.74, 6) is 0.106. The van der Waals surface area contributed by atoms with E-state index in [1.807, 2.05) is 36.1 Å². The monoisotopic (exact) mass is 449 g/mol. The summed E-state index contributed by atoms with van der Waals surface area (Å²) in [6.07, 6.45) is 0.607. The molecule has 1 saturated heterocycles. The molecule has 31 heavy (non-hydrogen) atoms. The predicted molar refractivity (Wildman–Crippen MR) is 116 cm³/mol. The van der Waals surface area contributed by atoms with E-state index in [1.54, 1.807) is 7.11 Å². The highest BCUT2D eigenvalue weighted by Gasteiger charge is 2.27. The average Bonchev–Trinajstić information content (AvgIpc) is 3.00. The lowest BCUT2D eigenvalue weighted by Gasteiger charge is -2.23. The zero-order valence-corrected chi connectivity index (χ0v) is 18.6. The first-order chi connectivity index (χ1) is 14.8. The lowest BCUT2D eigenvalue weighted by Crippen LogP contribution is -2.40. The van der Waals surface area contributed by atoms with E-state index in [2.05, 4.69) is 5.32 Å². The number of hydrogen-bond acceptors (Lipinski definition) is 5. The third kappa shape index (κ3) is 5.81. The Balaban J connectivity index is 1.57. The molecule has 0 saturated carbocycles. The highest BCUT2D eigenvalue weighted by molar-refractivity contribution is 7.89. The number of carbonyl (C=O) groups excluding carboxylic acids is 1. The Morgan fingerprint density at radius 1 is 1.10 bits per heavy atom. The third-order valence-electron chi connectivity index (χ3n) is 5.35. The molecule has 7 nitrogen and oxygen atoms in total. The molecular formula is C22H28FN3O4S. The Bertz CT molecular complexity index is 998. The fraction of sp³-hybridized carbons (Fsp3) is 0.409. The van der Waals surface area contributed by atoms with E-state index in [9.17, 15) is 17.6 Å². The molecule has 168 valence electrons. The molecule has 0 radical (unpaired) electrons.